The third kappa shape index (κ3) is 4.61. The van der Waals surface area contributed by atoms with Crippen molar-refractivity contribution in [2.24, 2.45) is 0 Å². The lowest BCUT2D eigenvalue weighted by atomic mass is 10.2. The van der Waals surface area contributed by atoms with Crippen LogP contribution < -0.4 is 5.32 Å². The van der Waals surface area contributed by atoms with E-state index in [1.165, 1.54) is 12.1 Å². The minimum absolute atomic E-state index is 0.0641. The Morgan fingerprint density at radius 2 is 1.95 bits per heavy atom. The van der Waals surface area contributed by atoms with Crippen LogP contribution in [0.1, 0.15) is 43.5 Å². The van der Waals surface area contributed by atoms with Crippen molar-refractivity contribution in [1.82, 2.24) is 15.5 Å². The van der Waals surface area contributed by atoms with E-state index in [1.807, 2.05) is 13.8 Å². The molecule has 0 bridgehead atoms. The second kappa shape index (κ2) is 7.11. The van der Waals surface area contributed by atoms with Crippen LogP contribution in [-0.2, 0) is 17.8 Å². The lowest BCUT2D eigenvalue weighted by Crippen LogP contribution is -2.23. The highest BCUT2D eigenvalue weighted by atomic mass is 19.1. The van der Waals surface area contributed by atoms with Crippen molar-refractivity contribution in [3.8, 4) is 0 Å². The quantitative estimate of drug-likeness (QED) is 0.891. The number of aromatic nitrogens is 2. The van der Waals surface area contributed by atoms with Gasteiger partial charge in [0.2, 0.25) is 11.8 Å². The fourth-order valence-electron chi connectivity index (χ4n) is 1.83. The Balaban J connectivity index is 1.80. The molecule has 5 nitrogen and oxygen atoms in total. The Morgan fingerprint density at radius 3 is 2.55 bits per heavy atom. The molecule has 0 saturated heterocycles. The molecule has 0 spiro atoms. The highest BCUT2D eigenvalue weighted by Crippen LogP contribution is 2.11. The van der Waals surface area contributed by atoms with Crippen LogP contribution in [0.5, 0.6) is 0 Å². The summed E-state index contributed by atoms with van der Waals surface area (Å²) in [4.78, 5) is 15.9. The van der Waals surface area contributed by atoms with Gasteiger partial charge in [-0.15, -0.1) is 0 Å². The topological polar surface area (TPSA) is 68.0 Å². The molecule has 0 saturated carbocycles. The van der Waals surface area contributed by atoms with Gasteiger partial charge in [0, 0.05) is 31.4 Å². The van der Waals surface area contributed by atoms with Gasteiger partial charge < -0.3 is 9.84 Å². The van der Waals surface area contributed by atoms with E-state index in [1.54, 1.807) is 0 Å². The van der Waals surface area contributed by atoms with Crippen molar-refractivity contribution in [2.45, 2.75) is 39.2 Å². The van der Waals surface area contributed by atoms with Crippen molar-refractivity contribution in [2.75, 3.05) is 0 Å². The molecule has 0 aliphatic rings. The Labute approximate surface area is 126 Å². The van der Waals surface area contributed by atoms with Gasteiger partial charge in [0.1, 0.15) is 11.6 Å². The van der Waals surface area contributed by atoms with Crippen LogP contribution in [0.4, 0.5) is 8.78 Å². The second-order valence-electron chi connectivity index (χ2n) is 5.26. The first-order valence-electron chi connectivity index (χ1n) is 6.98. The Kier molecular flexibility index (Phi) is 5.19. The van der Waals surface area contributed by atoms with Crippen LogP contribution in [-0.4, -0.2) is 16.0 Å². The monoisotopic (exact) mass is 309 g/mol. The molecule has 0 aliphatic carbocycles. The summed E-state index contributed by atoms with van der Waals surface area (Å²) in [6.07, 6.45) is 0.487. The lowest BCUT2D eigenvalue weighted by Gasteiger charge is -2.05. The summed E-state index contributed by atoms with van der Waals surface area (Å²) in [5.41, 5.74) is 0.366. The zero-order valence-corrected chi connectivity index (χ0v) is 12.4. The fraction of sp³-hybridized carbons (Fsp3) is 0.400. The van der Waals surface area contributed by atoms with Crippen LogP contribution in [0, 0.1) is 11.6 Å². The average molecular weight is 309 g/mol. The summed E-state index contributed by atoms with van der Waals surface area (Å²) < 4.78 is 31.0. The Bertz CT molecular complexity index is 636. The van der Waals surface area contributed by atoms with Gasteiger partial charge in [-0.3, -0.25) is 4.79 Å². The number of nitrogens with one attached hydrogen (secondary N) is 1. The number of rotatable bonds is 6. The maximum atomic E-state index is 13.0. The van der Waals surface area contributed by atoms with Crippen LogP contribution >= 0.6 is 0 Å². The van der Waals surface area contributed by atoms with Gasteiger partial charge in [-0.1, -0.05) is 19.0 Å². The molecule has 0 radical (unpaired) electrons. The number of amides is 1. The van der Waals surface area contributed by atoms with E-state index < -0.39 is 11.6 Å². The van der Waals surface area contributed by atoms with E-state index in [9.17, 15) is 13.6 Å². The van der Waals surface area contributed by atoms with Crippen LogP contribution in [0.3, 0.4) is 0 Å². The van der Waals surface area contributed by atoms with E-state index in [4.69, 9.17) is 4.52 Å². The number of benzene rings is 1. The average Bonchev–Trinajstić information content (AvgIpc) is 2.91. The zero-order chi connectivity index (χ0) is 16.1. The molecule has 1 N–H and O–H groups in total. The van der Waals surface area contributed by atoms with E-state index >= 15 is 0 Å². The van der Waals surface area contributed by atoms with Crippen LogP contribution in [0.25, 0.3) is 0 Å². The molecule has 2 rings (SSSR count). The number of nitrogens with zero attached hydrogens (tertiary/aromatic N) is 2. The molecule has 1 aromatic heterocycles. The molecule has 1 aromatic carbocycles. The summed E-state index contributed by atoms with van der Waals surface area (Å²) in [5, 5.41) is 6.40. The zero-order valence-electron chi connectivity index (χ0n) is 12.4. The molecular weight excluding hydrogens is 292 g/mol. The SMILES string of the molecule is CC(C)c1noc(CCC(=O)NCc2cc(F)cc(F)c2)n1. The number of halogens is 2. The van der Waals surface area contributed by atoms with Crippen molar-refractivity contribution >= 4 is 5.91 Å². The molecule has 0 atom stereocenters. The number of carbonyl (C=O) groups excluding carboxylic acids is 1. The smallest absolute Gasteiger partial charge is 0.227 e. The number of carbonyl (C=O) groups is 1. The first-order valence-corrected chi connectivity index (χ1v) is 6.98. The van der Waals surface area contributed by atoms with E-state index in [0.29, 0.717) is 23.7 Å². The summed E-state index contributed by atoms with van der Waals surface area (Å²) in [6.45, 7) is 3.95. The first kappa shape index (κ1) is 16.1. The first-order chi connectivity index (χ1) is 10.4. The lowest BCUT2D eigenvalue weighted by molar-refractivity contribution is -0.121. The molecule has 22 heavy (non-hydrogen) atoms. The van der Waals surface area contributed by atoms with Gasteiger partial charge in [-0.25, -0.2) is 8.78 Å². The molecule has 7 heteroatoms. The minimum atomic E-state index is -0.670. The predicted molar refractivity (Wildman–Crippen MR) is 74.9 cm³/mol. The Morgan fingerprint density at radius 1 is 1.27 bits per heavy atom. The van der Waals surface area contributed by atoms with E-state index in [-0.39, 0.29) is 24.8 Å². The molecule has 1 heterocycles. The summed E-state index contributed by atoms with van der Waals surface area (Å²) in [6, 6.07) is 3.14. The van der Waals surface area contributed by atoms with Gasteiger partial charge in [-0.05, 0) is 17.7 Å². The van der Waals surface area contributed by atoms with E-state index in [0.717, 1.165) is 6.07 Å². The summed E-state index contributed by atoms with van der Waals surface area (Å²) in [5.74, 6) is -0.433. The van der Waals surface area contributed by atoms with Crippen molar-refractivity contribution in [3.63, 3.8) is 0 Å². The number of hydrogen-bond donors (Lipinski definition) is 1. The van der Waals surface area contributed by atoms with Gasteiger partial charge in [0.15, 0.2) is 5.82 Å². The second-order valence-corrected chi connectivity index (χ2v) is 5.26. The summed E-state index contributed by atoms with van der Waals surface area (Å²) in [7, 11) is 0. The van der Waals surface area contributed by atoms with Gasteiger partial charge in [0.05, 0.1) is 0 Å². The Hall–Kier alpha value is -2.31. The molecule has 1 amide bonds. The highest BCUT2D eigenvalue weighted by molar-refractivity contribution is 5.76. The standard InChI is InChI=1S/C15H17F2N3O2/c1-9(2)15-19-14(22-20-15)4-3-13(21)18-8-10-5-11(16)7-12(17)6-10/h5-7,9H,3-4,8H2,1-2H3,(H,18,21). The predicted octanol–water partition coefficient (Wildman–Crippen LogP) is 2.72. The number of hydrogen-bond acceptors (Lipinski definition) is 4. The molecule has 0 fully saturated rings. The fourth-order valence-corrected chi connectivity index (χ4v) is 1.83. The van der Waals surface area contributed by atoms with Crippen molar-refractivity contribution < 1.29 is 18.1 Å². The summed E-state index contributed by atoms with van der Waals surface area (Å²) >= 11 is 0. The van der Waals surface area contributed by atoms with E-state index in [2.05, 4.69) is 15.5 Å². The maximum absolute atomic E-state index is 13.0. The third-order valence-corrected chi connectivity index (χ3v) is 2.98. The van der Waals surface area contributed by atoms with Crippen LogP contribution in [0.15, 0.2) is 22.7 Å². The van der Waals surface area contributed by atoms with Crippen molar-refractivity contribution in [1.29, 1.82) is 0 Å². The largest absolute Gasteiger partial charge is 0.352 e. The van der Waals surface area contributed by atoms with Gasteiger partial charge in [0.25, 0.3) is 0 Å². The van der Waals surface area contributed by atoms with Crippen molar-refractivity contribution in [3.05, 3.63) is 47.1 Å². The van der Waals surface area contributed by atoms with Gasteiger partial charge in [-0.2, -0.15) is 4.98 Å². The maximum Gasteiger partial charge on any atom is 0.227 e. The highest BCUT2D eigenvalue weighted by Gasteiger charge is 2.11. The normalized spacial score (nSPS) is 11.0. The molecule has 2 aromatic rings. The molecule has 0 unspecified atom stereocenters. The van der Waals surface area contributed by atoms with Gasteiger partial charge >= 0.3 is 0 Å². The number of aryl methyl sites for hydroxylation is 1. The third-order valence-electron chi connectivity index (χ3n) is 2.98. The molecule has 118 valence electrons. The van der Waals surface area contributed by atoms with Crippen LogP contribution in [0.2, 0.25) is 0 Å². The minimum Gasteiger partial charge on any atom is -0.352 e. The molecule has 0 aliphatic heterocycles. The molecular formula is C15H17F2N3O2.